The Balaban J connectivity index is 1.45. The molecule has 3 rings (SSSR count). The van der Waals surface area contributed by atoms with Gasteiger partial charge in [0.05, 0.1) is 5.69 Å². The summed E-state index contributed by atoms with van der Waals surface area (Å²) in [6.45, 7) is 5.60. The summed E-state index contributed by atoms with van der Waals surface area (Å²) < 4.78 is 7.52. The van der Waals surface area contributed by atoms with Gasteiger partial charge >= 0.3 is 0 Å². The van der Waals surface area contributed by atoms with Gasteiger partial charge in [-0.3, -0.25) is 4.79 Å². The quantitative estimate of drug-likeness (QED) is 0.703. The highest BCUT2D eigenvalue weighted by atomic mass is 16.5. The fourth-order valence-electron chi connectivity index (χ4n) is 2.91. The highest BCUT2D eigenvalue weighted by Gasteiger charge is 2.18. The van der Waals surface area contributed by atoms with Gasteiger partial charge in [0.15, 0.2) is 6.61 Å². The molecule has 2 aromatic rings. The first-order valence-corrected chi connectivity index (χ1v) is 8.55. The predicted molar refractivity (Wildman–Crippen MR) is 96.7 cm³/mol. The molecule has 0 radical (unpaired) electrons. The zero-order valence-electron chi connectivity index (χ0n) is 14.7. The Bertz CT molecular complexity index is 728. The van der Waals surface area contributed by atoms with Crippen LogP contribution in [-0.4, -0.2) is 42.4 Å². The molecule has 0 bridgehead atoms. The third-order valence-electron chi connectivity index (χ3n) is 4.21. The van der Waals surface area contributed by atoms with Gasteiger partial charge in [-0.05, 0) is 24.6 Å². The van der Waals surface area contributed by atoms with Gasteiger partial charge in [0.1, 0.15) is 11.6 Å². The maximum Gasteiger partial charge on any atom is 0.257 e. The van der Waals surface area contributed by atoms with Crippen molar-refractivity contribution < 1.29 is 9.53 Å². The minimum absolute atomic E-state index is 0.0345. The monoisotopic (exact) mass is 343 g/mol. The summed E-state index contributed by atoms with van der Waals surface area (Å²) in [5, 5.41) is 14.0. The number of hydrogen-bond donors (Lipinski definition) is 3. The van der Waals surface area contributed by atoms with Crippen LogP contribution in [0.5, 0.6) is 5.75 Å². The topological polar surface area (TPSA) is 80.2 Å². The number of likely N-dealkylation sites (N-methyl/N-ethyl adjacent to an activating group) is 1. The Morgan fingerprint density at radius 2 is 2.32 bits per heavy atom. The molecule has 1 aliphatic rings. The fourth-order valence-corrected chi connectivity index (χ4v) is 2.91. The third-order valence-corrected chi connectivity index (χ3v) is 4.21. The fraction of sp³-hybridized carbons (Fsp3) is 0.444. The molecule has 134 valence electrons. The first-order chi connectivity index (χ1) is 12.1. The average molecular weight is 343 g/mol. The van der Waals surface area contributed by atoms with E-state index in [1.165, 1.54) is 0 Å². The van der Waals surface area contributed by atoms with Crippen LogP contribution >= 0.6 is 0 Å². The summed E-state index contributed by atoms with van der Waals surface area (Å²) >= 11 is 0. The zero-order valence-corrected chi connectivity index (χ0v) is 14.7. The molecule has 0 fully saturated rings. The number of rotatable bonds is 7. The van der Waals surface area contributed by atoms with Gasteiger partial charge in [-0.1, -0.05) is 12.1 Å². The number of nitrogens with zero attached hydrogens (tertiary/aromatic N) is 2. The lowest BCUT2D eigenvalue weighted by Crippen LogP contribution is -2.35. The molecule has 0 spiro atoms. The SMILES string of the molecule is CNC(=O)COc1cccc(CNC[C@@H]2CNc3cc(C)nn3C2)c1. The van der Waals surface area contributed by atoms with E-state index in [1.54, 1.807) is 7.05 Å². The van der Waals surface area contributed by atoms with E-state index in [4.69, 9.17) is 4.74 Å². The van der Waals surface area contributed by atoms with Crippen LogP contribution in [-0.2, 0) is 17.9 Å². The van der Waals surface area contributed by atoms with Gasteiger partial charge < -0.3 is 20.7 Å². The number of carbonyl (C=O) groups excluding carboxylic acids is 1. The maximum atomic E-state index is 11.2. The van der Waals surface area contributed by atoms with Crippen molar-refractivity contribution >= 4 is 11.7 Å². The summed E-state index contributed by atoms with van der Waals surface area (Å²) in [6, 6.07) is 9.89. The van der Waals surface area contributed by atoms with Crippen molar-refractivity contribution in [2.45, 2.75) is 20.0 Å². The van der Waals surface area contributed by atoms with Gasteiger partial charge in [0.25, 0.3) is 5.91 Å². The first-order valence-electron chi connectivity index (χ1n) is 8.55. The number of amides is 1. The Morgan fingerprint density at radius 3 is 3.16 bits per heavy atom. The van der Waals surface area contributed by atoms with E-state index in [1.807, 2.05) is 35.9 Å². The molecule has 0 aliphatic carbocycles. The molecule has 1 atom stereocenters. The predicted octanol–water partition coefficient (Wildman–Crippen LogP) is 1.15. The molecule has 7 nitrogen and oxygen atoms in total. The number of benzene rings is 1. The summed E-state index contributed by atoms with van der Waals surface area (Å²) in [6.07, 6.45) is 0. The van der Waals surface area contributed by atoms with Crippen molar-refractivity contribution in [1.82, 2.24) is 20.4 Å². The summed E-state index contributed by atoms with van der Waals surface area (Å²) in [5.74, 6) is 2.18. The van der Waals surface area contributed by atoms with E-state index in [9.17, 15) is 4.79 Å². The minimum atomic E-state index is -0.137. The van der Waals surface area contributed by atoms with Gasteiger partial charge in [-0.25, -0.2) is 4.68 Å². The third kappa shape index (κ3) is 4.73. The van der Waals surface area contributed by atoms with Crippen LogP contribution in [0, 0.1) is 12.8 Å². The molecule has 25 heavy (non-hydrogen) atoms. The highest BCUT2D eigenvalue weighted by Crippen LogP contribution is 2.18. The molecular formula is C18H25N5O2. The lowest BCUT2D eigenvalue weighted by molar-refractivity contribution is -0.122. The van der Waals surface area contributed by atoms with Crippen molar-refractivity contribution in [3.63, 3.8) is 0 Å². The highest BCUT2D eigenvalue weighted by molar-refractivity contribution is 5.77. The van der Waals surface area contributed by atoms with Crippen molar-refractivity contribution in [2.75, 3.05) is 32.1 Å². The van der Waals surface area contributed by atoms with Gasteiger partial charge in [-0.15, -0.1) is 0 Å². The van der Waals surface area contributed by atoms with Crippen LogP contribution < -0.4 is 20.7 Å². The molecule has 0 saturated carbocycles. The van der Waals surface area contributed by atoms with Crippen LogP contribution in [0.1, 0.15) is 11.3 Å². The smallest absolute Gasteiger partial charge is 0.257 e. The number of aryl methyl sites for hydroxylation is 1. The number of ether oxygens (including phenoxy) is 1. The lowest BCUT2D eigenvalue weighted by atomic mass is 10.1. The zero-order chi connectivity index (χ0) is 17.6. The Morgan fingerprint density at radius 1 is 1.44 bits per heavy atom. The second-order valence-electron chi connectivity index (χ2n) is 6.34. The molecular weight excluding hydrogens is 318 g/mol. The van der Waals surface area contributed by atoms with Crippen LogP contribution in [0.25, 0.3) is 0 Å². The Labute approximate surface area is 147 Å². The molecule has 1 aromatic carbocycles. The van der Waals surface area contributed by atoms with Gasteiger partial charge in [0.2, 0.25) is 0 Å². The van der Waals surface area contributed by atoms with E-state index >= 15 is 0 Å². The van der Waals surface area contributed by atoms with Crippen molar-refractivity contribution in [3.05, 3.63) is 41.6 Å². The van der Waals surface area contributed by atoms with E-state index in [0.717, 1.165) is 43.3 Å². The number of anilines is 1. The van der Waals surface area contributed by atoms with Gasteiger partial charge in [-0.2, -0.15) is 5.10 Å². The number of carbonyl (C=O) groups is 1. The van der Waals surface area contributed by atoms with Crippen LogP contribution in [0.15, 0.2) is 30.3 Å². The number of aromatic nitrogens is 2. The van der Waals surface area contributed by atoms with Crippen LogP contribution in [0.2, 0.25) is 0 Å². The average Bonchev–Trinajstić information content (AvgIpc) is 2.99. The molecule has 1 aromatic heterocycles. The van der Waals surface area contributed by atoms with Gasteiger partial charge in [0, 0.05) is 45.2 Å². The van der Waals surface area contributed by atoms with E-state index in [-0.39, 0.29) is 12.5 Å². The Hall–Kier alpha value is -2.54. The van der Waals surface area contributed by atoms with Crippen LogP contribution in [0.3, 0.4) is 0 Å². The lowest BCUT2D eigenvalue weighted by Gasteiger charge is -2.25. The molecule has 7 heteroatoms. The van der Waals surface area contributed by atoms with E-state index < -0.39 is 0 Å². The standard InChI is InChI=1S/C18H25N5O2/c1-13-6-17-21-10-15(11-23(17)22-13)9-20-8-14-4-3-5-16(7-14)25-12-18(24)19-2/h3-7,15,20-21H,8-12H2,1-2H3,(H,19,24)/t15-/m1/s1. The normalized spacial score (nSPS) is 16.0. The second kappa shape index (κ2) is 8.02. The van der Waals surface area contributed by atoms with Crippen molar-refractivity contribution in [3.8, 4) is 5.75 Å². The second-order valence-corrected chi connectivity index (χ2v) is 6.34. The van der Waals surface area contributed by atoms with Crippen LogP contribution in [0.4, 0.5) is 5.82 Å². The van der Waals surface area contributed by atoms with E-state index in [2.05, 4.69) is 27.1 Å². The molecule has 3 N–H and O–H groups in total. The minimum Gasteiger partial charge on any atom is -0.484 e. The molecule has 0 unspecified atom stereocenters. The number of fused-ring (bicyclic) bond motifs is 1. The maximum absolute atomic E-state index is 11.2. The number of nitrogens with one attached hydrogen (secondary N) is 3. The van der Waals surface area contributed by atoms with Crippen molar-refractivity contribution in [2.24, 2.45) is 5.92 Å². The summed E-state index contributed by atoms with van der Waals surface area (Å²) in [5.41, 5.74) is 2.18. The largest absolute Gasteiger partial charge is 0.484 e. The molecule has 1 aliphatic heterocycles. The Kier molecular flexibility index (Phi) is 5.55. The summed E-state index contributed by atoms with van der Waals surface area (Å²) in [4.78, 5) is 11.2. The first kappa shape index (κ1) is 17.3. The molecule has 2 heterocycles. The van der Waals surface area contributed by atoms with E-state index in [0.29, 0.717) is 11.7 Å². The molecule has 0 saturated heterocycles. The molecule has 1 amide bonds. The number of hydrogen-bond acceptors (Lipinski definition) is 5. The van der Waals surface area contributed by atoms with Crippen molar-refractivity contribution in [1.29, 1.82) is 0 Å². The summed E-state index contributed by atoms with van der Waals surface area (Å²) in [7, 11) is 1.60.